The monoisotopic (exact) mass is 335 g/mol. The number of pyridine rings is 1. The predicted molar refractivity (Wildman–Crippen MR) is 52.1 cm³/mol. The normalized spacial score (nSPS) is 10.7. The third-order valence-corrected chi connectivity index (χ3v) is 2.41. The van der Waals surface area contributed by atoms with Crippen molar-refractivity contribution in [2.45, 2.75) is 6.43 Å². The van der Waals surface area contributed by atoms with Crippen LogP contribution < -0.4 is 0 Å². The van der Waals surface area contributed by atoms with Crippen LogP contribution in [0.25, 0.3) is 0 Å². The second-order valence-electron chi connectivity index (χ2n) is 2.27. The predicted octanol–water partition coefficient (Wildman–Crippen LogP) is 3.14. The van der Waals surface area contributed by atoms with Gasteiger partial charge in [-0.25, -0.2) is 13.8 Å². The van der Waals surface area contributed by atoms with Crippen LogP contribution in [-0.2, 0) is 0 Å². The molecule has 0 amide bonds. The zero-order valence-corrected chi connectivity index (χ0v) is 9.31. The molecule has 0 aliphatic heterocycles. The van der Waals surface area contributed by atoms with Crippen molar-refractivity contribution >= 4 is 39.4 Å². The van der Waals surface area contributed by atoms with E-state index in [0.29, 0.717) is 0 Å². The molecule has 0 aliphatic carbocycles. The van der Waals surface area contributed by atoms with Crippen LogP contribution in [0.3, 0.4) is 0 Å². The van der Waals surface area contributed by atoms with Gasteiger partial charge in [-0.15, -0.1) is 0 Å². The van der Waals surface area contributed by atoms with Gasteiger partial charge in [0.25, 0.3) is 11.7 Å². The fraction of sp³-hybridized carbons (Fsp3) is 0.143. The van der Waals surface area contributed by atoms with Crippen LogP contribution in [0.5, 0.6) is 0 Å². The van der Waals surface area contributed by atoms with Gasteiger partial charge in [-0.2, -0.15) is 4.39 Å². The maximum absolute atomic E-state index is 13.0. The zero-order valence-electron chi connectivity index (χ0n) is 6.40. The Bertz CT molecular complexity index is 362. The number of rotatable bonds is 2. The minimum Gasteiger partial charge on any atom is -0.275 e. The number of halogens is 5. The van der Waals surface area contributed by atoms with Crippen LogP contribution in [-0.4, -0.2) is 10.2 Å². The van der Waals surface area contributed by atoms with E-state index >= 15 is 0 Å². The van der Waals surface area contributed by atoms with Gasteiger partial charge < -0.3 is 0 Å². The molecule has 0 spiro atoms. The number of alkyl halides is 2. The highest BCUT2D eigenvalue weighted by molar-refractivity contribution is 14.1. The quantitative estimate of drug-likeness (QED) is 0.472. The summed E-state index contributed by atoms with van der Waals surface area (Å²) < 4.78 is 37.2. The Balaban J connectivity index is 3.32. The summed E-state index contributed by atoms with van der Waals surface area (Å²) in [4.78, 5) is 13.6. The molecule has 1 rings (SSSR count). The van der Waals surface area contributed by atoms with Gasteiger partial charge in [0.15, 0.2) is 0 Å². The zero-order chi connectivity index (χ0) is 10.9. The van der Waals surface area contributed by atoms with Gasteiger partial charge in [-0.1, -0.05) is 0 Å². The largest absolute Gasteiger partial charge is 0.280 e. The molecule has 0 fully saturated rings. The molecule has 0 aromatic carbocycles. The molecule has 1 aromatic heterocycles. The van der Waals surface area contributed by atoms with E-state index in [4.69, 9.17) is 11.6 Å². The minimum absolute atomic E-state index is 0.0189. The molecular weight excluding hydrogens is 333 g/mol. The molecule has 76 valence electrons. The Morgan fingerprint density at radius 1 is 1.57 bits per heavy atom. The van der Waals surface area contributed by atoms with Crippen molar-refractivity contribution in [3.8, 4) is 0 Å². The standard InChI is InChI=1S/C7H2ClF3INO/c8-5(14)4-2(12)1-3(6(9)10)13-7(4)11/h1,6H. The summed E-state index contributed by atoms with van der Waals surface area (Å²) >= 11 is 6.58. The van der Waals surface area contributed by atoms with Crippen molar-refractivity contribution in [2.75, 3.05) is 0 Å². The lowest BCUT2D eigenvalue weighted by Crippen LogP contribution is -2.04. The molecular formula is C7H2ClF3INO. The SMILES string of the molecule is O=C(Cl)c1c(I)cc(C(F)F)nc1F. The summed E-state index contributed by atoms with van der Waals surface area (Å²) in [5.74, 6) is -1.27. The molecule has 2 nitrogen and oxygen atoms in total. The first-order valence-corrected chi connectivity index (χ1v) is 4.73. The van der Waals surface area contributed by atoms with Crippen molar-refractivity contribution in [1.29, 1.82) is 0 Å². The summed E-state index contributed by atoms with van der Waals surface area (Å²) in [6.45, 7) is 0. The third kappa shape index (κ3) is 2.35. The van der Waals surface area contributed by atoms with Crippen LogP contribution in [0.4, 0.5) is 13.2 Å². The summed E-state index contributed by atoms with van der Waals surface area (Å²) in [6, 6.07) is 0.921. The first-order valence-electron chi connectivity index (χ1n) is 3.27. The van der Waals surface area contributed by atoms with Gasteiger partial charge in [0.05, 0.1) is 0 Å². The Morgan fingerprint density at radius 3 is 2.50 bits per heavy atom. The molecule has 7 heteroatoms. The number of carbonyl (C=O) groups excluding carboxylic acids is 1. The van der Waals surface area contributed by atoms with Crippen LogP contribution in [0.1, 0.15) is 22.5 Å². The number of hydrogen-bond acceptors (Lipinski definition) is 2. The first-order chi connectivity index (χ1) is 6.43. The highest BCUT2D eigenvalue weighted by atomic mass is 127. The van der Waals surface area contributed by atoms with Crippen molar-refractivity contribution in [1.82, 2.24) is 4.98 Å². The molecule has 1 heterocycles. The highest BCUT2D eigenvalue weighted by Crippen LogP contribution is 2.23. The number of nitrogens with zero attached hydrogens (tertiary/aromatic N) is 1. The van der Waals surface area contributed by atoms with Gasteiger partial charge >= 0.3 is 0 Å². The van der Waals surface area contributed by atoms with Crippen LogP contribution >= 0.6 is 34.2 Å². The van der Waals surface area contributed by atoms with E-state index in [1.807, 2.05) is 0 Å². The number of aromatic nitrogens is 1. The minimum atomic E-state index is -2.88. The topological polar surface area (TPSA) is 30.0 Å². The van der Waals surface area contributed by atoms with Crippen LogP contribution in [0.15, 0.2) is 6.07 Å². The lowest BCUT2D eigenvalue weighted by atomic mass is 10.2. The fourth-order valence-corrected chi connectivity index (χ4v) is 1.91. The number of hydrogen-bond donors (Lipinski definition) is 0. The molecule has 0 saturated carbocycles. The van der Waals surface area contributed by atoms with E-state index in [-0.39, 0.29) is 3.57 Å². The van der Waals surface area contributed by atoms with Gasteiger partial charge in [0.2, 0.25) is 5.95 Å². The molecule has 1 aromatic rings. The van der Waals surface area contributed by atoms with Crippen molar-refractivity contribution in [3.05, 3.63) is 26.8 Å². The number of carbonyl (C=O) groups is 1. The van der Waals surface area contributed by atoms with Crippen molar-refractivity contribution in [3.63, 3.8) is 0 Å². The molecule has 14 heavy (non-hydrogen) atoms. The molecule has 0 bridgehead atoms. The average Bonchev–Trinajstić information content (AvgIpc) is 2.01. The molecule has 0 saturated heterocycles. The second-order valence-corrected chi connectivity index (χ2v) is 3.77. The first kappa shape index (κ1) is 11.7. The van der Waals surface area contributed by atoms with E-state index in [0.717, 1.165) is 6.07 Å². The van der Waals surface area contributed by atoms with E-state index in [9.17, 15) is 18.0 Å². The highest BCUT2D eigenvalue weighted by Gasteiger charge is 2.19. The van der Waals surface area contributed by atoms with Crippen molar-refractivity contribution < 1.29 is 18.0 Å². The van der Waals surface area contributed by atoms with E-state index in [1.54, 1.807) is 22.6 Å². The molecule has 0 N–H and O–H groups in total. The third-order valence-electron chi connectivity index (χ3n) is 1.37. The molecule has 0 unspecified atom stereocenters. The maximum atomic E-state index is 13.0. The second kappa shape index (κ2) is 4.43. The van der Waals surface area contributed by atoms with E-state index in [2.05, 4.69) is 4.98 Å². The lowest BCUT2D eigenvalue weighted by Gasteiger charge is -2.03. The van der Waals surface area contributed by atoms with E-state index < -0.39 is 28.9 Å². The van der Waals surface area contributed by atoms with Gasteiger partial charge in [0.1, 0.15) is 11.3 Å². The molecule has 0 atom stereocenters. The summed E-state index contributed by atoms with van der Waals surface area (Å²) in [5.41, 5.74) is -1.19. The maximum Gasteiger partial charge on any atom is 0.280 e. The fourth-order valence-electron chi connectivity index (χ4n) is 0.789. The van der Waals surface area contributed by atoms with Crippen LogP contribution in [0.2, 0.25) is 0 Å². The summed E-state index contributed by atoms with van der Waals surface area (Å²) in [6.07, 6.45) is -2.88. The van der Waals surface area contributed by atoms with Gasteiger partial charge in [0, 0.05) is 3.57 Å². The molecule has 0 radical (unpaired) electrons. The summed E-state index contributed by atoms with van der Waals surface area (Å²) in [5, 5.41) is -1.06. The Hall–Kier alpha value is -0.370. The Morgan fingerprint density at radius 2 is 2.14 bits per heavy atom. The van der Waals surface area contributed by atoms with Gasteiger partial charge in [-0.05, 0) is 40.3 Å². The van der Waals surface area contributed by atoms with E-state index in [1.165, 1.54) is 0 Å². The summed E-state index contributed by atoms with van der Waals surface area (Å²) in [7, 11) is 0. The molecule has 0 aliphatic rings. The lowest BCUT2D eigenvalue weighted by molar-refractivity contribution is 0.107. The smallest absolute Gasteiger partial charge is 0.275 e. The van der Waals surface area contributed by atoms with Crippen LogP contribution in [0, 0.1) is 9.52 Å². The van der Waals surface area contributed by atoms with Gasteiger partial charge in [-0.3, -0.25) is 4.79 Å². The average molecular weight is 335 g/mol. The van der Waals surface area contributed by atoms with Crippen molar-refractivity contribution in [2.24, 2.45) is 0 Å². The Kier molecular flexibility index (Phi) is 3.71. The Labute approximate surface area is 95.6 Å².